The minimum absolute atomic E-state index is 0.000343. The van der Waals surface area contributed by atoms with Gasteiger partial charge in [0.15, 0.2) is 11.6 Å². The van der Waals surface area contributed by atoms with Crippen LogP contribution in [0.1, 0.15) is 15.9 Å². The quantitative estimate of drug-likeness (QED) is 0.761. The highest BCUT2D eigenvalue weighted by Gasteiger charge is 2.23. The molecule has 0 spiro atoms. The van der Waals surface area contributed by atoms with Gasteiger partial charge in [-0.3, -0.25) is 4.79 Å². The molecular formula is C19H20N6O2. The van der Waals surface area contributed by atoms with Crippen molar-refractivity contribution in [3.8, 4) is 0 Å². The highest BCUT2D eigenvalue weighted by atomic mass is 16.3. The lowest BCUT2D eigenvalue weighted by atomic mass is 10.2. The maximum atomic E-state index is 12.3. The van der Waals surface area contributed by atoms with Crippen LogP contribution >= 0.6 is 0 Å². The van der Waals surface area contributed by atoms with Crippen molar-refractivity contribution in [2.75, 3.05) is 36.4 Å². The van der Waals surface area contributed by atoms with Crippen LogP contribution in [-0.4, -0.2) is 52.2 Å². The van der Waals surface area contributed by atoms with Gasteiger partial charge in [-0.25, -0.2) is 4.98 Å². The fourth-order valence-electron chi connectivity index (χ4n) is 2.94. The molecule has 4 rings (SSSR count). The smallest absolute Gasteiger partial charge is 0.257 e. The molecule has 1 fully saturated rings. The van der Waals surface area contributed by atoms with E-state index in [2.05, 4.69) is 25.4 Å². The molecule has 1 amide bonds. The largest absolute Gasteiger partial charge is 0.472 e. The molecule has 0 atom stereocenters. The van der Waals surface area contributed by atoms with Crippen LogP contribution in [0.4, 0.5) is 17.5 Å². The number of hydrogen-bond donors (Lipinski definition) is 1. The third-order valence-electron chi connectivity index (χ3n) is 4.48. The van der Waals surface area contributed by atoms with Crippen LogP contribution in [0.5, 0.6) is 0 Å². The molecule has 0 saturated carbocycles. The van der Waals surface area contributed by atoms with Gasteiger partial charge in [-0.2, -0.15) is 0 Å². The molecule has 1 aliphatic rings. The van der Waals surface area contributed by atoms with Gasteiger partial charge in [0, 0.05) is 32.4 Å². The number of carbonyl (C=O) groups is 1. The van der Waals surface area contributed by atoms with Gasteiger partial charge in [0.05, 0.1) is 11.8 Å². The Morgan fingerprint density at radius 1 is 1.04 bits per heavy atom. The molecule has 1 aliphatic heterocycles. The Hall–Kier alpha value is -3.42. The number of furan rings is 1. The lowest BCUT2D eigenvalue weighted by Crippen LogP contribution is -2.49. The normalized spacial score (nSPS) is 14.3. The van der Waals surface area contributed by atoms with E-state index in [1.54, 1.807) is 12.3 Å². The van der Waals surface area contributed by atoms with Crippen LogP contribution in [0.15, 0.2) is 53.5 Å². The van der Waals surface area contributed by atoms with Crippen molar-refractivity contribution in [2.45, 2.75) is 6.92 Å². The van der Waals surface area contributed by atoms with Crippen LogP contribution in [0, 0.1) is 6.92 Å². The van der Waals surface area contributed by atoms with Crippen molar-refractivity contribution in [1.82, 2.24) is 20.1 Å². The number of pyridine rings is 1. The molecule has 1 N–H and O–H groups in total. The standard InChI is InChI=1S/C19H20N6O2/c1-14-2-3-16(20-12-14)21-17-4-5-18(23-22-17)24-7-9-25(10-8-24)19(26)15-6-11-27-13-15/h2-6,11-13H,7-10H2,1H3,(H,20,21,22). The molecular weight excluding hydrogens is 344 g/mol. The second-order valence-electron chi connectivity index (χ2n) is 6.41. The summed E-state index contributed by atoms with van der Waals surface area (Å²) in [6, 6.07) is 9.39. The van der Waals surface area contributed by atoms with Crippen molar-refractivity contribution < 1.29 is 9.21 Å². The summed E-state index contributed by atoms with van der Waals surface area (Å²) in [7, 11) is 0. The second-order valence-corrected chi connectivity index (χ2v) is 6.41. The van der Waals surface area contributed by atoms with Crippen molar-refractivity contribution >= 4 is 23.4 Å². The first-order valence-corrected chi connectivity index (χ1v) is 8.79. The average Bonchev–Trinajstić information content (AvgIpc) is 3.25. The molecule has 3 aromatic rings. The van der Waals surface area contributed by atoms with E-state index >= 15 is 0 Å². The number of hydrogen-bond acceptors (Lipinski definition) is 7. The van der Waals surface area contributed by atoms with E-state index in [4.69, 9.17) is 4.42 Å². The van der Waals surface area contributed by atoms with Gasteiger partial charge in [-0.1, -0.05) is 6.07 Å². The van der Waals surface area contributed by atoms with E-state index in [1.165, 1.54) is 12.5 Å². The number of carbonyl (C=O) groups excluding carboxylic acids is 1. The summed E-state index contributed by atoms with van der Waals surface area (Å²) in [5.74, 6) is 2.17. The predicted octanol–water partition coefficient (Wildman–Crippen LogP) is 2.48. The molecule has 3 aromatic heterocycles. The first kappa shape index (κ1) is 17.0. The summed E-state index contributed by atoms with van der Waals surface area (Å²) in [5.41, 5.74) is 1.69. The first-order chi connectivity index (χ1) is 13.2. The van der Waals surface area contributed by atoms with Gasteiger partial charge in [0.1, 0.15) is 12.1 Å². The molecule has 138 valence electrons. The maximum Gasteiger partial charge on any atom is 0.257 e. The molecule has 0 radical (unpaired) electrons. The summed E-state index contributed by atoms with van der Waals surface area (Å²) in [6.07, 6.45) is 4.80. The SMILES string of the molecule is Cc1ccc(Nc2ccc(N3CCN(C(=O)c4ccoc4)CC3)nn2)nc1. The molecule has 4 heterocycles. The van der Waals surface area contributed by atoms with Crippen LogP contribution < -0.4 is 10.2 Å². The van der Waals surface area contributed by atoms with E-state index in [0.717, 1.165) is 17.2 Å². The zero-order valence-electron chi connectivity index (χ0n) is 15.0. The van der Waals surface area contributed by atoms with Crippen LogP contribution in [0.3, 0.4) is 0 Å². The monoisotopic (exact) mass is 364 g/mol. The molecule has 0 aliphatic carbocycles. The van der Waals surface area contributed by atoms with E-state index < -0.39 is 0 Å². The van der Waals surface area contributed by atoms with Crippen LogP contribution in [0.25, 0.3) is 0 Å². The zero-order chi connectivity index (χ0) is 18.6. The van der Waals surface area contributed by atoms with E-state index in [1.807, 2.05) is 36.1 Å². The lowest BCUT2D eigenvalue weighted by molar-refractivity contribution is 0.0746. The summed E-state index contributed by atoms with van der Waals surface area (Å²) in [6.45, 7) is 4.70. The fraction of sp³-hybridized carbons (Fsp3) is 0.263. The molecule has 27 heavy (non-hydrogen) atoms. The van der Waals surface area contributed by atoms with Crippen molar-refractivity contribution in [2.24, 2.45) is 0 Å². The van der Waals surface area contributed by atoms with Gasteiger partial charge in [-0.05, 0) is 36.8 Å². The third-order valence-corrected chi connectivity index (χ3v) is 4.48. The van der Waals surface area contributed by atoms with Gasteiger partial charge in [0.25, 0.3) is 5.91 Å². The van der Waals surface area contributed by atoms with Crippen molar-refractivity contribution in [1.29, 1.82) is 0 Å². The number of piperazine rings is 1. The first-order valence-electron chi connectivity index (χ1n) is 8.79. The zero-order valence-corrected chi connectivity index (χ0v) is 15.0. The van der Waals surface area contributed by atoms with Crippen molar-refractivity contribution in [3.63, 3.8) is 0 Å². The van der Waals surface area contributed by atoms with E-state index in [-0.39, 0.29) is 5.91 Å². The van der Waals surface area contributed by atoms with Crippen LogP contribution in [-0.2, 0) is 0 Å². The number of nitrogens with zero attached hydrogens (tertiary/aromatic N) is 5. The molecule has 0 bridgehead atoms. The fourth-order valence-corrected chi connectivity index (χ4v) is 2.94. The number of amides is 1. The number of aromatic nitrogens is 3. The second kappa shape index (κ2) is 7.45. The Morgan fingerprint density at radius 2 is 1.85 bits per heavy atom. The maximum absolute atomic E-state index is 12.3. The highest BCUT2D eigenvalue weighted by molar-refractivity contribution is 5.94. The number of rotatable bonds is 4. The number of anilines is 3. The van der Waals surface area contributed by atoms with E-state index in [9.17, 15) is 4.79 Å². The average molecular weight is 364 g/mol. The van der Waals surface area contributed by atoms with Gasteiger partial charge in [-0.15, -0.1) is 10.2 Å². The Labute approximate surface area is 156 Å². The predicted molar refractivity (Wildman–Crippen MR) is 101 cm³/mol. The summed E-state index contributed by atoms with van der Waals surface area (Å²) in [5, 5.41) is 11.7. The minimum atomic E-state index is -0.000343. The minimum Gasteiger partial charge on any atom is -0.472 e. The number of aryl methyl sites for hydroxylation is 1. The van der Waals surface area contributed by atoms with Gasteiger partial charge in [0.2, 0.25) is 0 Å². The van der Waals surface area contributed by atoms with Gasteiger partial charge >= 0.3 is 0 Å². The topological polar surface area (TPSA) is 87.4 Å². The van der Waals surface area contributed by atoms with Crippen LogP contribution in [0.2, 0.25) is 0 Å². The Kier molecular flexibility index (Phi) is 4.69. The molecule has 0 aromatic carbocycles. The summed E-state index contributed by atoms with van der Waals surface area (Å²) in [4.78, 5) is 20.6. The van der Waals surface area contributed by atoms with Crippen molar-refractivity contribution in [3.05, 3.63) is 60.2 Å². The molecule has 8 nitrogen and oxygen atoms in total. The Bertz CT molecular complexity index is 885. The Morgan fingerprint density at radius 3 is 2.48 bits per heavy atom. The highest BCUT2D eigenvalue weighted by Crippen LogP contribution is 2.17. The summed E-state index contributed by atoms with van der Waals surface area (Å²) < 4.78 is 4.99. The number of nitrogens with one attached hydrogen (secondary N) is 1. The van der Waals surface area contributed by atoms with E-state index in [0.29, 0.717) is 37.6 Å². The summed E-state index contributed by atoms with van der Waals surface area (Å²) >= 11 is 0. The third kappa shape index (κ3) is 3.89. The molecule has 1 saturated heterocycles. The Balaban J connectivity index is 1.34. The lowest BCUT2D eigenvalue weighted by Gasteiger charge is -2.35. The molecule has 0 unspecified atom stereocenters. The van der Waals surface area contributed by atoms with Gasteiger partial charge < -0.3 is 19.5 Å². The molecule has 8 heteroatoms.